The number of hydrogen-bond donors (Lipinski definition) is 0. The van der Waals surface area contributed by atoms with Crippen LogP contribution in [0, 0.1) is 0 Å². The lowest BCUT2D eigenvalue weighted by Gasteiger charge is -2.30. The Morgan fingerprint density at radius 1 is 1.19 bits per heavy atom. The first-order chi connectivity index (χ1) is 15.6. The monoisotopic (exact) mass is 451 g/mol. The number of rotatable bonds is 7. The van der Waals surface area contributed by atoms with Crippen molar-refractivity contribution in [2.45, 2.75) is 12.8 Å². The Hall–Kier alpha value is -3.66. The molecule has 164 valence electrons. The van der Waals surface area contributed by atoms with Gasteiger partial charge in [0.2, 0.25) is 5.13 Å². The van der Waals surface area contributed by atoms with Gasteiger partial charge in [0.1, 0.15) is 11.4 Å². The number of carbonyl (C=O) groups is 2. The molecule has 1 aromatic heterocycles. The number of azo groups is 1. The number of nitrogens with zero attached hydrogens (tertiary/aromatic N) is 5. The van der Waals surface area contributed by atoms with Gasteiger partial charge in [0.25, 0.3) is 0 Å². The van der Waals surface area contributed by atoms with Gasteiger partial charge in [0.15, 0.2) is 11.6 Å². The van der Waals surface area contributed by atoms with Crippen molar-refractivity contribution in [3.05, 3.63) is 48.0 Å². The number of methoxy groups -OCH3 is 2. The molecule has 0 amide bonds. The highest BCUT2D eigenvalue weighted by Crippen LogP contribution is 2.39. The van der Waals surface area contributed by atoms with Crippen LogP contribution in [0.2, 0.25) is 0 Å². The minimum atomic E-state index is -0.298. The van der Waals surface area contributed by atoms with Gasteiger partial charge in [-0.2, -0.15) is 9.36 Å². The molecule has 1 aliphatic rings. The summed E-state index contributed by atoms with van der Waals surface area (Å²) in [5.74, 6) is 0.764. The summed E-state index contributed by atoms with van der Waals surface area (Å²) in [7, 11) is 2.89. The largest absolute Gasteiger partial charge is 0.494 e. The van der Waals surface area contributed by atoms with Gasteiger partial charge in [-0.05, 0) is 6.07 Å². The second kappa shape index (κ2) is 9.65. The van der Waals surface area contributed by atoms with E-state index in [0.717, 1.165) is 17.1 Å². The number of fused-ring (bicyclic) bond motifs is 1. The molecule has 1 aliphatic heterocycles. The van der Waals surface area contributed by atoms with E-state index in [0.29, 0.717) is 53.2 Å². The highest BCUT2D eigenvalue weighted by Gasteiger charge is 2.26. The van der Waals surface area contributed by atoms with E-state index in [1.807, 2.05) is 35.2 Å². The first-order valence-electron chi connectivity index (χ1n) is 9.97. The molecule has 3 aromatic rings. The fourth-order valence-corrected chi connectivity index (χ4v) is 3.91. The number of Topliss-reactive ketones (excluding diaryl/α,β-unsaturated/α-hetero) is 1. The van der Waals surface area contributed by atoms with E-state index in [4.69, 9.17) is 9.47 Å². The molecule has 9 nitrogen and oxygen atoms in total. The van der Waals surface area contributed by atoms with Crippen LogP contribution in [0.5, 0.6) is 5.75 Å². The Morgan fingerprint density at radius 2 is 2.00 bits per heavy atom. The number of carbonyl (C=O) groups excluding carboxylic acids is 2. The molecule has 10 heteroatoms. The fraction of sp³-hybridized carbons (Fsp3) is 0.273. The molecule has 2 heterocycles. The number of benzene rings is 2. The van der Waals surface area contributed by atoms with Gasteiger partial charge in [0.05, 0.1) is 26.3 Å². The molecule has 0 bridgehead atoms. The molecule has 0 N–H and O–H groups in total. The average Bonchev–Trinajstić information content (AvgIpc) is 3.31. The molecule has 2 aromatic carbocycles. The lowest BCUT2D eigenvalue weighted by atomic mass is 9.99. The van der Waals surface area contributed by atoms with Gasteiger partial charge in [-0.15, -0.1) is 10.2 Å². The lowest BCUT2D eigenvalue weighted by molar-refractivity contribution is -0.140. The predicted octanol–water partition coefficient (Wildman–Crippen LogP) is 4.59. The molecule has 32 heavy (non-hydrogen) atoms. The summed E-state index contributed by atoms with van der Waals surface area (Å²) < 4.78 is 14.5. The molecule has 0 radical (unpaired) electrons. The highest BCUT2D eigenvalue weighted by molar-refractivity contribution is 7.09. The standard InChI is InChI=1S/C22H21N5O4S/c1-30-19-13-17-15(18(28)8-10-27(17)11-9-20(29)31-2)12-16(19)24-25-22-23-21(26-32-22)14-6-4-3-5-7-14/h3-7,12-13H,8-11H2,1-2H3/b25-24+. The molecule has 4 rings (SSSR count). The van der Waals surface area contributed by atoms with Gasteiger partial charge in [-0.3, -0.25) is 9.59 Å². The zero-order valence-electron chi connectivity index (χ0n) is 17.6. The summed E-state index contributed by atoms with van der Waals surface area (Å²) in [6.45, 7) is 0.976. The molecule has 0 fully saturated rings. The first-order valence-corrected chi connectivity index (χ1v) is 10.7. The van der Waals surface area contributed by atoms with Crippen molar-refractivity contribution >= 4 is 39.8 Å². The maximum Gasteiger partial charge on any atom is 0.307 e. The highest BCUT2D eigenvalue weighted by atomic mass is 32.1. The molecule has 0 saturated heterocycles. The lowest BCUT2D eigenvalue weighted by Crippen LogP contribution is -2.34. The van der Waals surface area contributed by atoms with Gasteiger partial charge in [-0.1, -0.05) is 30.3 Å². The van der Waals surface area contributed by atoms with Crippen molar-refractivity contribution in [1.29, 1.82) is 0 Å². The number of aromatic nitrogens is 2. The molecular weight excluding hydrogens is 430 g/mol. The summed E-state index contributed by atoms with van der Waals surface area (Å²) in [4.78, 5) is 30.5. The normalized spacial score (nSPS) is 13.3. The number of hydrogen-bond acceptors (Lipinski definition) is 10. The molecule has 0 unspecified atom stereocenters. The van der Waals surface area contributed by atoms with Crippen LogP contribution in [0.4, 0.5) is 16.5 Å². The van der Waals surface area contributed by atoms with E-state index >= 15 is 0 Å². The van der Waals surface area contributed by atoms with E-state index in [2.05, 4.69) is 19.6 Å². The summed E-state index contributed by atoms with van der Waals surface area (Å²) in [6.07, 6.45) is 0.586. The molecule has 0 atom stereocenters. The van der Waals surface area contributed by atoms with Crippen LogP contribution in [0.3, 0.4) is 0 Å². The van der Waals surface area contributed by atoms with Crippen molar-refractivity contribution in [3.8, 4) is 17.1 Å². The second-order valence-corrected chi connectivity index (χ2v) is 7.72. The van der Waals surface area contributed by atoms with Crippen molar-refractivity contribution in [1.82, 2.24) is 9.36 Å². The quantitative estimate of drug-likeness (QED) is 0.382. The van der Waals surface area contributed by atoms with Crippen LogP contribution < -0.4 is 9.64 Å². The van der Waals surface area contributed by atoms with Gasteiger partial charge < -0.3 is 14.4 Å². The topological polar surface area (TPSA) is 106 Å². The predicted molar refractivity (Wildman–Crippen MR) is 120 cm³/mol. The Morgan fingerprint density at radius 3 is 2.75 bits per heavy atom. The average molecular weight is 452 g/mol. The fourth-order valence-electron chi connectivity index (χ4n) is 3.39. The zero-order chi connectivity index (χ0) is 22.5. The number of ketones is 1. The van der Waals surface area contributed by atoms with Crippen LogP contribution in [-0.2, 0) is 9.53 Å². The third-order valence-electron chi connectivity index (χ3n) is 5.05. The van der Waals surface area contributed by atoms with E-state index < -0.39 is 0 Å². The summed E-state index contributed by atoms with van der Waals surface area (Å²) in [5, 5.41) is 8.87. The minimum Gasteiger partial charge on any atom is -0.494 e. The number of esters is 1. The maximum absolute atomic E-state index is 12.6. The van der Waals surface area contributed by atoms with Gasteiger partial charge >= 0.3 is 5.97 Å². The van der Waals surface area contributed by atoms with Crippen molar-refractivity contribution in [3.63, 3.8) is 0 Å². The first kappa shape index (κ1) is 21.6. The van der Waals surface area contributed by atoms with Crippen molar-refractivity contribution in [2.24, 2.45) is 10.2 Å². The third-order valence-corrected chi connectivity index (χ3v) is 5.65. The van der Waals surface area contributed by atoms with E-state index in [1.54, 1.807) is 12.1 Å². The van der Waals surface area contributed by atoms with E-state index in [9.17, 15) is 9.59 Å². The van der Waals surface area contributed by atoms with Crippen molar-refractivity contribution in [2.75, 3.05) is 32.2 Å². The Kier molecular flexibility index (Phi) is 6.50. The van der Waals surface area contributed by atoms with Crippen LogP contribution >= 0.6 is 11.5 Å². The Bertz CT molecular complexity index is 1160. The second-order valence-electron chi connectivity index (χ2n) is 6.99. The SMILES string of the molecule is COC(=O)CCN1CCC(=O)c2cc(/N=N/c3nc(-c4ccccc4)ns3)c(OC)cc21. The zero-order valence-corrected chi connectivity index (χ0v) is 18.5. The summed E-state index contributed by atoms with van der Waals surface area (Å²) in [6, 6.07) is 13.0. The third kappa shape index (κ3) is 4.65. The Balaban J connectivity index is 1.60. The molecule has 0 spiro atoms. The molecule has 0 aliphatic carbocycles. The van der Waals surface area contributed by atoms with Crippen LogP contribution in [-0.4, -0.2) is 48.4 Å². The van der Waals surface area contributed by atoms with Gasteiger partial charge in [0, 0.05) is 48.2 Å². The minimum absolute atomic E-state index is 0.00991. The van der Waals surface area contributed by atoms with Gasteiger partial charge in [-0.25, -0.2) is 0 Å². The summed E-state index contributed by atoms with van der Waals surface area (Å²) >= 11 is 1.14. The molecular formula is C22H21N5O4S. The van der Waals surface area contributed by atoms with E-state index in [1.165, 1.54) is 14.2 Å². The van der Waals surface area contributed by atoms with Crippen LogP contribution in [0.1, 0.15) is 23.2 Å². The maximum atomic E-state index is 12.6. The van der Waals surface area contributed by atoms with Crippen LogP contribution in [0.15, 0.2) is 52.7 Å². The van der Waals surface area contributed by atoms with Crippen molar-refractivity contribution < 1.29 is 19.1 Å². The Labute approximate surface area is 188 Å². The van der Waals surface area contributed by atoms with E-state index in [-0.39, 0.29) is 18.2 Å². The molecule has 0 saturated carbocycles. The number of anilines is 1. The van der Waals surface area contributed by atoms with Crippen LogP contribution in [0.25, 0.3) is 11.4 Å². The smallest absolute Gasteiger partial charge is 0.307 e. The summed E-state index contributed by atoms with van der Waals surface area (Å²) in [5.41, 5.74) is 2.56. The number of ether oxygens (including phenoxy) is 2.